The largest absolute Gasteiger partial charge is 0.322 e. The summed E-state index contributed by atoms with van der Waals surface area (Å²) in [5.41, 5.74) is 7.82. The molecule has 0 spiro atoms. The maximum Gasteiger partial charge on any atom is 0.256 e. The Kier molecular flexibility index (Phi) is 4.17. The molecule has 4 nitrogen and oxygen atoms in total. The monoisotopic (exact) mass is 429 g/mol. The quantitative estimate of drug-likeness (QED) is 0.626. The molecule has 5 rings (SSSR count). The Morgan fingerprint density at radius 1 is 0.964 bits per heavy atom. The Balaban J connectivity index is 1.43. The molecule has 3 aromatic carbocycles. The van der Waals surface area contributed by atoms with Crippen LogP contribution in [0.2, 0.25) is 0 Å². The number of rotatable bonds is 3. The standard InChI is InChI=1S/C23H16BrN3O/c24-21-9-17-12-25-11-16(17)8-20(21)23(28)27-18-7-6-15-13-26-22(19(15)10-18)14-4-2-1-3-5-14/h1-10,12H,11,13H2,(H,27,28). The summed E-state index contributed by atoms with van der Waals surface area (Å²) in [4.78, 5) is 21.8. The molecule has 2 aliphatic rings. The molecule has 0 saturated heterocycles. The molecule has 136 valence electrons. The van der Waals surface area contributed by atoms with Crippen LogP contribution in [0.15, 0.2) is 75.1 Å². The average Bonchev–Trinajstić information content (AvgIpc) is 3.34. The van der Waals surface area contributed by atoms with Gasteiger partial charge in [-0.1, -0.05) is 36.4 Å². The number of hydrogen-bond donors (Lipinski definition) is 1. The number of fused-ring (bicyclic) bond motifs is 2. The maximum absolute atomic E-state index is 12.9. The number of amides is 1. The Bertz CT molecular complexity index is 1170. The number of anilines is 1. The van der Waals surface area contributed by atoms with E-state index in [1.165, 1.54) is 5.56 Å². The van der Waals surface area contributed by atoms with Gasteiger partial charge in [-0.3, -0.25) is 14.8 Å². The van der Waals surface area contributed by atoms with Gasteiger partial charge in [0, 0.05) is 27.5 Å². The van der Waals surface area contributed by atoms with E-state index in [4.69, 9.17) is 0 Å². The molecule has 28 heavy (non-hydrogen) atoms. The Hall–Kier alpha value is -3.05. The number of aliphatic imine (C=N–C) groups is 2. The molecule has 0 aliphatic carbocycles. The van der Waals surface area contributed by atoms with Crippen molar-refractivity contribution in [1.29, 1.82) is 0 Å². The number of carbonyl (C=O) groups excluding carboxylic acids is 1. The van der Waals surface area contributed by atoms with Crippen molar-refractivity contribution in [2.75, 3.05) is 5.32 Å². The third-order valence-corrected chi connectivity index (χ3v) is 5.70. The van der Waals surface area contributed by atoms with Gasteiger partial charge in [0.05, 0.1) is 24.4 Å². The molecule has 1 N–H and O–H groups in total. The molecular formula is C23H16BrN3O. The van der Waals surface area contributed by atoms with Crippen molar-refractivity contribution in [1.82, 2.24) is 0 Å². The summed E-state index contributed by atoms with van der Waals surface area (Å²) >= 11 is 3.51. The van der Waals surface area contributed by atoms with Crippen molar-refractivity contribution < 1.29 is 4.79 Å². The molecule has 1 amide bonds. The van der Waals surface area contributed by atoms with Gasteiger partial charge in [-0.05, 0) is 56.9 Å². The van der Waals surface area contributed by atoms with E-state index in [-0.39, 0.29) is 5.91 Å². The lowest BCUT2D eigenvalue weighted by Crippen LogP contribution is -2.14. The minimum atomic E-state index is -0.141. The summed E-state index contributed by atoms with van der Waals surface area (Å²) in [6.45, 7) is 1.29. The van der Waals surface area contributed by atoms with Crippen LogP contribution in [0.3, 0.4) is 0 Å². The lowest BCUT2D eigenvalue weighted by atomic mass is 9.99. The lowest BCUT2D eigenvalue weighted by molar-refractivity contribution is 0.102. The zero-order valence-corrected chi connectivity index (χ0v) is 16.5. The minimum Gasteiger partial charge on any atom is -0.322 e. The van der Waals surface area contributed by atoms with Gasteiger partial charge in [-0.25, -0.2) is 0 Å². The van der Waals surface area contributed by atoms with Gasteiger partial charge < -0.3 is 5.32 Å². The summed E-state index contributed by atoms with van der Waals surface area (Å²) in [5, 5.41) is 3.03. The van der Waals surface area contributed by atoms with E-state index in [0.29, 0.717) is 18.7 Å². The Morgan fingerprint density at radius 2 is 1.82 bits per heavy atom. The normalized spacial score (nSPS) is 13.8. The molecule has 0 aromatic heterocycles. The predicted molar refractivity (Wildman–Crippen MR) is 116 cm³/mol. The van der Waals surface area contributed by atoms with Crippen molar-refractivity contribution in [3.05, 3.63) is 98.5 Å². The van der Waals surface area contributed by atoms with Gasteiger partial charge in [-0.15, -0.1) is 0 Å². The van der Waals surface area contributed by atoms with Crippen LogP contribution in [-0.2, 0) is 13.1 Å². The number of halogens is 1. The van der Waals surface area contributed by atoms with Gasteiger partial charge in [0.25, 0.3) is 5.91 Å². The molecule has 0 atom stereocenters. The molecule has 3 aromatic rings. The number of nitrogens with zero attached hydrogens (tertiary/aromatic N) is 2. The van der Waals surface area contributed by atoms with Gasteiger partial charge in [-0.2, -0.15) is 0 Å². The summed E-state index contributed by atoms with van der Waals surface area (Å²) in [5.74, 6) is -0.141. The maximum atomic E-state index is 12.9. The SMILES string of the molecule is O=C(Nc1ccc2c(c1)C(c1ccccc1)=NC2)c1cc2c(cc1Br)C=NC2. The van der Waals surface area contributed by atoms with E-state index in [0.717, 1.165) is 38.1 Å². The van der Waals surface area contributed by atoms with E-state index < -0.39 is 0 Å². The first-order chi connectivity index (χ1) is 13.7. The fourth-order valence-electron chi connectivity index (χ4n) is 3.61. The van der Waals surface area contributed by atoms with Gasteiger partial charge in [0.1, 0.15) is 0 Å². The van der Waals surface area contributed by atoms with Crippen LogP contribution in [-0.4, -0.2) is 17.8 Å². The van der Waals surface area contributed by atoms with E-state index in [1.54, 1.807) is 0 Å². The molecule has 0 fully saturated rings. The highest BCUT2D eigenvalue weighted by atomic mass is 79.9. The third kappa shape index (κ3) is 2.98. The zero-order valence-electron chi connectivity index (χ0n) is 14.9. The van der Waals surface area contributed by atoms with E-state index in [1.807, 2.05) is 54.7 Å². The topological polar surface area (TPSA) is 53.8 Å². The first-order valence-corrected chi connectivity index (χ1v) is 9.85. The molecule has 2 heterocycles. The van der Waals surface area contributed by atoms with Crippen LogP contribution >= 0.6 is 15.9 Å². The first-order valence-electron chi connectivity index (χ1n) is 9.06. The van der Waals surface area contributed by atoms with Gasteiger partial charge >= 0.3 is 0 Å². The highest BCUT2D eigenvalue weighted by Gasteiger charge is 2.20. The zero-order chi connectivity index (χ0) is 19.1. The second-order valence-corrected chi connectivity index (χ2v) is 7.71. The van der Waals surface area contributed by atoms with E-state index in [9.17, 15) is 4.79 Å². The molecule has 5 heteroatoms. The van der Waals surface area contributed by atoms with E-state index >= 15 is 0 Å². The fourth-order valence-corrected chi connectivity index (χ4v) is 4.15. The number of hydrogen-bond acceptors (Lipinski definition) is 3. The highest BCUT2D eigenvalue weighted by Crippen LogP contribution is 2.28. The Labute approximate surface area is 171 Å². The molecule has 0 bridgehead atoms. The Morgan fingerprint density at radius 3 is 2.68 bits per heavy atom. The van der Waals surface area contributed by atoms with Gasteiger partial charge in [0.2, 0.25) is 0 Å². The summed E-state index contributed by atoms with van der Waals surface area (Å²) < 4.78 is 0.768. The van der Waals surface area contributed by atoms with Crippen LogP contribution in [0.1, 0.15) is 38.2 Å². The molecule has 0 unspecified atom stereocenters. The summed E-state index contributed by atoms with van der Waals surface area (Å²) in [6.07, 6.45) is 1.84. The summed E-state index contributed by atoms with van der Waals surface area (Å²) in [7, 11) is 0. The molecular weight excluding hydrogens is 414 g/mol. The third-order valence-electron chi connectivity index (χ3n) is 5.04. The van der Waals surface area contributed by atoms with Crippen molar-refractivity contribution in [3.8, 4) is 0 Å². The van der Waals surface area contributed by atoms with Crippen molar-refractivity contribution in [3.63, 3.8) is 0 Å². The smallest absolute Gasteiger partial charge is 0.256 e. The fraction of sp³-hybridized carbons (Fsp3) is 0.0870. The number of benzene rings is 3. The molecule has 0 radical (unpaired) electrons. The van der Waals surface area contributed by atoms with Crippen molar-refractivity contribution in [2.45, 2.75) is 13.1 Å². The van der Waals surface area contributed by atoms with Crippen LogP contribution in [0.5, 0.6) is 0 Å². The van der Waals surface area contributed by atoms with Gasteiger partial charge in [0.15, 0.2) is 0 Å². The molecule has 2 aliphatic heterocycles. The predicted octanol–water partition coefficient (Wildman–Crippen LogP) is 4.98. The second-order valence-electron chi connectivity index (χ2n) is 6.86. The van der Waals surface area contributed by atoms with Crippen LogP contribution in [0.4, 0.5) is 5.69 Å². The minimum absolute atomic E-state index is 0.141. The van der Waals surface area contributed by atoms with Crippen LogP contribution in [0, 0.1) is 0 Å². The van der Waals surface area contributed by atoms with Crippen molar-refractivity contribution in [2.24, 2.45) is 9.98 Å². The lowest BCUT2D eigenvalue weighted by Gasteiger charge is -2.11. The van der Waals surface area contributed by atoms with Crippen molar-refractivity contribution >= 4 is 39.5 Å². The number of nitrogens with one attached hydrogen (secondary N) is 1. The van der Waals surface area contributed by atoms with Crippen LogP contribution in [0.25, 0.3) is 0 Å². The summed E-state index contributed by atoms with van der Waals surface area (Å²) in [6, 6.07) is 20.0. The number of carbonyl (C=O) groups is 1. The molecule has 0 saturated carbocycles. The second kappa shape index (κ2) is 6.84. The highest BCUT2D eigenvalue weighted by molar-refractivity contribution is 9.10. The average molecular weight is 430 g/mol. The van der Waals surface area contributed by atoms with E-state index in [2.05, 4.69) is 43.4 Å². The first kappa shape index (κ1) is 17.1. The van der Waals surface area contributed by atoms with Crippen LogP contribution < -0.4 is 5.32 Å².